The maximum atomic E-state index is 3.79. The summed E-state index contributed by atoms with van der Waals surface area (Å²) in [6.45, 7) is 11.1. The van der Waals surface area contributed by atoms with Gasteiger partial charge in [-0.3, -0.25) is 0 Å². The first-order valence-electron chi connectivity index (χ1n) is 6.90. The second kappa shape index (κ2) is 6.26. The van der Waals surface area contributed by atoms with Crippen molar-refractivity contribution < 1.29 is 0 Å². The maximum absolute atomic E-state index is 3.79. The summed E-state index contributed by atoms with van der Waals surface area (Å²) in [4.78, 5) is 2.66. The monoisotopic (exact) mass is 254 g/mol. The van der Waals surface area contributed by atoms with Gasteiger partial charge in [-0.15, -0.1) is 6.58 Å². The van der Waals surface area contributed by atoms with E-state index in [9.17, 15) is 0 Å². The molecule has 1 aliphatic carbocycles. The largest absolute Gasteiger partial charge is 0.310 e. The quantitative estimate of drug-likeness (QED) is 0.579. The molecule has 1 saturated carbocycles. The Morgan fingerprint density at radius 3 is 3.06 bits per heavy atom. The van der Waals surface area contributed by atoms with Gasteiger partial charge in [0.05, 0.1) is 0 Å². The van der Waals surface area contributed by atoms with Crippen LogP contribution in [0.4, 0.5) is 0 Å². The van der Waals surface area contributed by atoms with Crippen LogP contribution < -0.4 is 5.32 Å². The lowest BCUT2D eigenvalue weighted by atomic mass is 9.95. The highest BCUT2D eigenvalue weighted by Gasteiger charge is 2.42. The molecule has 0 aromatic heterocycles. The van der Waals surface area contributed by atoms with Gasteiger partial charge in [0.1, 0.15) is 0 Å². The molecule has 0 spiro atoms. The van der Waals surface area contributed by atoms with Crippen LogP contribution >= 0.6 is 11.8 Å². The predicted molar refractivity (Wildman–Crippen MR) is 77.7 cm³/mol. The normalized spacial score (nSPS) is 31.1. The van der Waals surface area contributed by atoms with Crippen molar-refractivity contribution in [1.82, 2.24) is 10.2 Å². The smallest absolute Gasteiger partial charge is 0.0308 e. The second-order valence-electron chi connectivity index (χ2n) is 5.61. The third-order valence-corrected chi connectivity index (χ3v) is 4.94. The number of hydrogen-bond donors (Lipinski definition) is 1. The van der Waals surface area contributed by atoms with Gasteiger partial charge in [-0.2, -0.15) is 11.8 Å². The summed E-state index contributed by atoms with van der Waals surface area (Å²) < 4.78 is 0. The minimum Gasteiger partial charge on any atom is -0.310 e. The minimum absolute atomic E-state index is 0.388. The molecular formula is C14H26N2S. The van der Waals surface area contributed by atoms with Gasteiger partial charge in [-0.25, -0.2) is 0 Å². The molecule has 1 saturated heterocycles. The molecule has 3 heteroatoms. The fourth-order valence-corrected chi connectivity index (χ4v) is 3.54. The van der Waals surface area contributed by atoms with Crippen LogP contribution in [-0.2, 0) is 0 Å². The molecule has 2 aliphatic rings. The summed E-state index contributed by atoms with van der Waals surface area (Å²) >= 11 is 2.00. The van der Waals surface area contributed by atoms with E-state index in [0.717, 1.165) is 11.7 Å². The second-order valence-corrected chi connectivity index (χ2v) is 6.76. The van der Waals surface area contributed by atoms with Crippen molar-refractivity contribution in [3.63, 3.8) is 0 Å². The van der Waals surface area contributed by atoms with Crippen LogP contribution in [0.5, 0.6) is 0 Å². The van der Waals surface area contributed by atoms with Crippen LogP contribution in [0.25, 0.3) is 0 Å². The molecule has 1 N–H and O–H groups in total. The van der Waals surface area contributed by atoms with Crippen LogP contribution in [0.2, 0.25) is 0 Å². The zero-order valence-electron chi connectivity index (χ0n) is 11.1. The van der Waals surface area contributed by atoms with Gasteiger partial charge < -0.3 is 10.2 Å². The van der Waals surface area contributed by atoms with Crippen molar-refractivity contribution in [2.75, 3.05) is 37.7 Å². The Balaban J connectivity index is 1.78. The highest BCUT2D eigenvalue weighted by Crippen LogP contribution is 2.40. The van der Waals surface area contributed by atoms with Gasteiger partial charge in [0.15, 0.2) is 0 Å². The third-order valence-electron chi connectivity index (χ3n) is 4.00. The van der Waals surface area contributed by atoms with Crippen LogP contribution in [0.3, 0.4) is 0 Å². The molecular weight excluding hydrogens is 228 g/mol. The summed E-state index contributed by atoms with van der Waals surface area (Å²) in [5, 5.41) is 3.79. The number of rotatable bonds is 6. The van der Waals surface area contributed by atoms with Gasteiger partial charge >= 0.3 is 0 Å². The maximum Gasteiger partial charge on any atom is 0.0308 e. The fraction of sp³-hybridized carbons (Fsp3) is 0.857. The first-order chi connectivity index (χ1) is 8.24. The highest BCUT2D eigenvalue weighted by atomic mass is 32.2. The lowest BCUT2D eigenvalue weighted by molar-refractivity contribution is 0.210. The molecule has 0 aromatic rings. The number of nitrogens with zero attached hydrogens (tertiary/aromatic N) is 1. The van der Waals surface area contributed by atoms with E-state index in [1.165, 1.54) is 51.2 Å². The molecule has 1 unspecified atom stereocenters. The van der Waals surface area contributed by atoms with Crippen LogP contribution in [0, 0.1) is 5.92 Å². The van der Waals surface area contributed by atoms with E-state index in [0.29, 0.717) is 5.54 Å². The summed E-state index contributed by atoms with van der Waals surface area (Å²) in [6, 6.07) is 0. The van der Waals surface area contributed by atoms with E-state index in [4.69, 9.17) is 0 Å². The zero-order valence-corrected chi connectivity index (χ0v) is 11.9. The van der Waals surface area contributed by atoms with E-state index in [2.05, 4.69) is 23.7 Å². The van der Waals surface area contributed by atoms with E-state index in [-0.39, 0.29) is 0 Å². The SMILES string of the molecule is C=CCSCCN1CCCNC(C)(C2CC2)C1. The molecule has 1 atom stereocenters. The van der Waals surface area contributed by atoms with Crippen molar-refractivity contribution in [1.29, 1.82) is 0 Å². The summed E-state index contributed by atoms with van der Waals surface area (Å²) in [6.07, 6.45) is 6.17. The molecule has 98 valence electrons. The average molecular weight is 254 g/mol. The highest BCUT2D eigenvalue weighted by molar-refractivity contribution is 7.99. The molecule has 1 heterocycles. The van der Waals surface area contributed by atoms with Crippen molar-refractivity contribution >= 4 is 11.8 Å². The Hall–Kier alpha value is 0.01000. The lowest BCUT2D eigenvalue weighted by Gasteiger charge is -2.33. The van der Waals surface area contributed by atoms with E-state index in [1.807, 2.05) is 17.8 Å². The Bertz CT molecular complexity index is 253. The van der Waals surface area contributed by atoms with Crippen molar-refractivity contribution in [2.24, 2.45) is 5.92 Å². The molecule has 0 amide bonds. The van der Waals surface area contributed by atoms with Crippen LogP contribution in [0.1, 0.15) is 26.2 Å². The first kappa shape index (κ1) is 13.4. The first-order valence-corrected chi connectivity index (χ1v) is 8.06. The number of hydrogen-bond acceptors (Lipinski definition) is 3. The Morgan fingerprint density at radius 2 is 2.35 bits per heavy atom. The van der Waals surface area contributed by atoms with Gasteiger partial charge in [-0.05, 0) is 45.2 Å². The standard InChI is InChI=1S/C14H26N2S/c1-3-10-17-11-9-16-8-4-7-15-14(2,12-16)13-5-6-13/h3,13,15H,1,4-12H2,2H3. The molecule has 2 fully saturated rings. The van der Waals surface area contributed by atoms with Crippen LogP contribution in [-0.4, -0.2) is 48.1 Å². The molecule has 0 bridgehead atoms. The van der Waals surface area contributed by atoms with E-state index < -0.39 is 0 Å². The van der Waals surface area contributed by atoms with E-state index >= 15 is 0 Å². The summed E-state index contributed by atoms with van der Waals surface area (Å²) in [5.74, 6) is 3.27. The Kier molecular flexibility index (Phi) is 4.95. The molecule has 2 rings (SSSR count). The summed E-state index contributed by atoms with van der Waals surface area (Å²) in [5.41, 5.74) is 0.388. The molecule has 17 heavy (non-hydrogen) atoms. The Morgan fingerprint density at radius 1 is 1.53 bits per heavy atom. The average Bonchev–Trinajstić information content (AvgIpc) is 3.12. The van der Waals surface area contributed by atoms with E-state index in [1.54, 1.807) is 0 Å². The molecule has 0 radical (unpaired) electrons. The minimum atomic E-state index is 0.388. The Labute approximate surface area is 110 Å². The molecule has 0 aromatic carbocycles. The van der Waals surface area contributed by atoms with Gasteiger partial charge in [0.2, 0.25) is 0 Å². The zero-order chi connectivity index (χ0) is 12.1. The predicted octanol–water partition coefficient (Wildman–Crippen LogP) is 2.37. The topological polar surface area (TPSA) is 15.3 Å². The molecule has 2 nitrogen and oxygen atoms in total. The fourth-order valence-electron chi connectivity index (χ4n) is 2.82. The van der Waals surface area contributed by atoms with Gasteiger partial charge in [-0.1, -0.05) is 6.08 Å². The van der Waals surface area contributed by atoms with Crippen molar-refractivity contribution in [3.05, 3.63) is 12.7 Å². The van der Waals surface area contributed by atoms with Gasteiger partial charge in [0, 0.05) is 30.1 Å². The van der Waals surface area contributed by atoms with Crippen molar-refractivity contribution in [3.8, 4) is 0 Å². The number of nitrogens with one attached hydrogen (secondary N) is 1. The van der Waals surface area contributed by atoms with Crippen molar-refractivity contribution in [2.45, 2.75) is 31.7 Å². The third kappa shape index (κ3) is 4.01. The lowest BCUT2D eigenvalue weighted by Crippen LogP contribution is -2.51. The summed E-state index contributed by atoms with van der Waals surface area (Å²) in [7, 11) is 0. The molecule has 1 aliphatic heterocycles. The van der Waals surface area contributed by atoms with Gasteiger partial charge in [0.25, 0.3) is 0 Å². The number of thioether (sulfide) groups is 1. The van der Waals surface area contributed by atoms with Crippen LogP contribution in [0.15, 0.2) is 12.7 Å².